The minimum absolute atomic E-state index is 0.00495. The normalized spacial score (nSPS) is 17.6. The average Bonchev–Trinajstić information content (AvgIpc) is 0.699. The molecule has 6 aliphatic rings. The molecule has 4 bridgehead atoms. The summed E-state index contributed by atoms with van der Waals surface area (Å²) in [6.07, 6.45) is 18.6. The van der Waals surface area contributed by atoms with E-state index in [4.69, 9.17) is 42.1 Å². The van der Waals surface area contributed by atoms with Crippen LogP contribution in [0.25, 0.3) is 22.3 Å². The van der Waals surface area contributed by atoms with E-state index < -0.39 is 0 Å². The fourth-order valence-electron chi connectivity index (χ4n) is 16.5. The Morgan fingerprint density at radius 3 is 0.777 bits per heavy atom. The van der Waals surface area contributed by atoms with E-state index >= 15 is 0 Å². The molecule has 6 heteroatoms. The van der Waals surface area contributed by atoms with Crippen LogP contribution in [0.2, 0.25) is 0 Å². The van der Waals surface area contributed by atoms with Crippen LogP contribution in [0.5, 0.6) is 23.0 Å². The minimum Gasteiger partial charge on any atom is -0.493 e. The van der Waals surface area contributed by atoms with Gasteiger partial charge in [-0.2, -0.15) is 0 Å². The monoisotopic (exact) mass is 1300 g/mol. The van der Waals surface area contributed by atoms with Gasteiger partial charge in [-0.25, -0.2) is 0 Å². The SMILES string of the molecule is CC(C)CCC[C@H](C)CCOc1cc(-c2cc(CCl)c(-c3cc(OCC[C@@H](C)CCCC(C)C)c4c(c3OCC[C@@H](C)CCCC(C)C)C3c5ccccc5C4c4ccccc43)cc2CCl)c(OCC[C@@H](C)CCCC(C)C)c2c1C1c3ccccc3C2c2ccccc21. The highest BCUT2D eigenvalue weighted by molar-refractivity contribution is 6.18. The van der Waals surface area contributed by atoms with Gasteiger partial charge < -0.3 is 18.9 Å². The van der Waals surface area contributed by atoms with Crippen LogP contribution in [0.15, 0.2) is 121 Å². The zero-order valence-electron chi connectivity index (χ0n) is 59.4. The van der Waals surface area contributed by atoms with Gasteiger partial charge in [0.1, 0.15) is 23.0 Å². The summed E-state index contributed by atoms with van der Waals surface area (Å²) in [6, 6.07) is 46.1. The minimum atomic E-state index is -0.0467. The molecular weight excluding hydrogens is 1190 g/mol. The smallest absolute Gasteiger partial charge is 0.131 e. The van der Waals surface area contributed by atoms with Crippen molar-refractivity contribution in [3.63, 3.8) is 0 Å². The topological polar surface area (TPSA) is 36.9 Å². The van der Waals surface area contributed by atoms with Crippen molar-refractivity contribution in [2.24, 2.45) is 47.3 Å². The van der Waals surface area contributed by atoms with E-state index in [-0.39, 0.29) is 35.4 Å². The molecule has 0 aromatic heterocycles. The van der Waals surface area contributed by atoms with Crippen LogP contribution >= 0.6 is 23.2 Å². The molecule has 0 unspecified atom stereocenters. The summed E-state index contributed by atoms with van der Waals surface area (Å²) < 4.78 is 30.0. The van der Waals surface area contributed by atoms with Crippen molar-refractivity contribution in [2.75, 3.05) is 26.4 Å². The first-order valence-corrected chi connectivity index (χ1v) is 38.2. The van der Waals surface area contributed by atoms with Crippen molar-refractivity contribution < 1.29 is 18.9 Å². The van der Waals surface area contributed by atoms with Crippen LogP contribution in [0.1, 0.15) is 287 Å². The quantitative estimate of drug-likeness (QED) is 0.0367. The second kappa shape index (κ2) is 32.1. The maximum Gasteiger partial charge on any atom is 0.131 e. The van der Waals surface area contributed by atoms with E-state index in [1.165, 1.54) is 144 Å². The number of hydrogen-bond donors (Lipinski definition) is 0. The van der Waals surface area contributed by atoms with Crippen LogP contribution in [-0.4, -0.2) is 26.4 Å². The fraction of sp³-hybridized carbons (Fsp3) is 0.523. The van der Waals surface area contributed by atoms with Gasteiger partial charge in [0.15, 0.2) is 0 Å². The highest BCUT2D eigenvalue weighted by Gasteiger charge is 2.48. The van der Waals surface area contributed by atoms with Crippen LogP contribution in [0, 0.1) is 47.3 Å². The molecule has 6 aliphatic carbocycles. The van der Waals surface area contributed by atoms with Gasteiger partial charge in [-0.3, -0.25) is 0 Å². The van der Waals surface area contributed by atoms with Crippen LogP contribution in [0.4, 0.5) is 0 Å². The highest BCUT2D eigenvalue weighted by atomic mass is 35.5. The second-order valence-corrected chi connectivity index (χ2v) is 31.6. The molecule has 0 fully saturated rings. The lowest BCUT2D eigenvalue weighted by atomic mass is 9.60. The summed E-state index contributed by atoms with van der Waals surface area (Å²) in [5.41, 5.74) is 22.0. The van der Waals surface area contributed by atoms with Gasteiger partial charge in [-0.15, -0.1) is 23.2 Å². The van der Waals surface area contributed by atoms with E-state index in [0.717, 1.165) is 82.1 Å². The van der Waals surface area contributed by atoms with E-state index in [9.17, 15) is 0 Å². The van der Waals surface area contributed by atoms with Gasteiger partial charge in [0.25, 0.3) is 0 Å². The number of halogens is 2. The summed E-state index contributed by atoms with van der Waals surface area (Å²) in [6.45, 7) is 30.8. The molecule has 502 valence electrons. The second-order valence-electron chi connectivity index (χ2n) is 31.1. The molecule has 0 spiro atoms. The summed E-state index contributed by atoms with van der Waals surface area (Å²) in [5, 5.41) is 0. The molecule has 0 heterocycles. The first kappa shape index (κ1) is 69.7. The van der Waals surface area contributed by atoms with Gasteiger partial charge in [-0.1, -0.05) is 257 Å². The van der Waals surface area contributed by atoms with Gasteiger partial charge in [0.05, 0.1) is 26.4 Å². The molecule has 7 aromatic carbocycles. The van der Waals surface area contributed by atoms with Crippen molar-refractivity contribution in [1.29, 1.82) is 0 Å². The molecular formula is C88H112Cl2O4. The lowest BCUT2D eigenvalue weighted by Gasteiger charge is -2.44. The first-order valence-electron chi connectivity index (χ1n) is 37.1. The summed E-state index contributed by atoms with van der Waals surface area (Å²) in [4.78, 5) is 0. The van der Waals surface area contributed by atoms with Crippen molar-refractivity contribution in [3.8, 4) is 45.3 Å². The lowest BCUT2D eigenvalue weighted by Crippen LogP contribution is -2.29. The molecule has 0 radical (unpaired) electrons. The molecule has 7 aromatic rings. The van der Waals surface area contributed by atoms with Crippen LogP contribution < -0.4 is 18.9 Å². The van der Waals surface area contributed by atoms with E-state index in [2.05, 4.69) is 204 Å². The van der Waals surface area contributed by atoms with Crippen molar-refractivity contribution in [2.45, 2.75) is 221 Å². The molecule has 0 N–H and O–H groups in total. The number of hydrogen-bond acceptors (Lipinski definition) is 4. The highest BCUT2D eigenvalue weighted by Crippen LogP contribution is 2.64. The molecule has 4 atom stereocenters. The fourth-order valence-corrected chi connectivity index (χ4v) is 16.9. The largest absolute Gasteiger partial charge is 0.493 e. The van der Waals surface area contributed by atoms with E-state index in [1.807, 2.05) is 0 Å². The Hall–Kier alpha value is -5.68. The third kappa shape index (κ3) is 15.4. The number of ether oxygens (including phenoxy) is 4. The zero-order chi connectivity index (χ0) is 66.2. The maximum absolute atomic E-state index is 7.62. The van der Waals surface area contributed by atoms with E-state index in [0.29, 0.717) is 73.8 Å². The van der Waals surface area contributed by atoms with Crippen molar-refractivity contribution in [1.82, 2.24) is 0 Å². The van der Waals surface area contributed by atoms with Crippen molar-refractivity contribution in [3.05, 3.63) is 199 Å². The lowest BCUT2D eigenvalue weighted by molar-refractivity contribution is 0.264. The summed E-state index contributed by atoms with van der Waals surface area (Å²) in [7, 11) is 0. The Balaban J connectivity index is 1.10. The van der Waals surface area contributed by atoms with Gasteiger partial charge in [0, 0.05) is 68.8 Å². The molecule has 0 saturated heterocycles. The Morgan fingerprint density at radius 2 is 0.532 bits per heavy atom. The zero-order valence-corrected chi connectivity index (χ0v) is 60.9. The van der Waals surface area contributed by atoms with Gasteiger partial charge in [0.2, 0.25) is 0 Å². The molecule has 0 saturated carbocycles. The number of alkyl halides is 2. The Kier molecular flexibility index (Phi) is 23.8. The third-order valence-corrected chi connectivity index (χ3v) is 22.4. The molecule has 94 heavy (non-hydrogen) atoms. The molecule has 0 aliphatic heterocycles. The Morgan fingerprint density at radius 1 is 0.287 bits per heavy atom. The average molecular weight is 1300 g/mol. The van der Waals surface area contributed by atoms with Gasteiger partial charge >= 0.3 is 0 Å². The number of benzene rings is 7. The summed E-state index contributed by atoms with van der Waals surface area (Å²) >= 11 is 15.2. The van der Waals surface area contributed by atoms with Crippen LogP contribution in [0.3, 0.4) is 0 Å². The van der Waals surface area contributed by atoms with E-state index in [1.54, 1.807) is 0 Å². The Bertz CT molecular complexity index is 3330. The first-order chi connectivity index (χ1) is 45.6. The molecule has 13 rings (SSSR count). The van der Waals surface area contributed by atoms with Crippen molar-refractivity contribution >= 4 is 23.2 Å². The standard InChI is InChI=1S/C88H112Cl2O4/c1-55(2)25-21-29-59(9)41-45-91-77-51-75(87(93-47-43-61(11)31-23-27-57(5)6)85-81-69-37-17-13-33-65(69)79(83(77)85)66-34-14-18-38-70(66)81)73-49-64(54-90)74(50-63(73)53-89)76-52-78(92-46-42-60(10)30-22-26-56(3)4)84-80-67-35-15-19-39-71(67)82(72-40-20-16-36-68(72)80)86(84)88(76)94-48-44-62(12)32-24-28-58(7)8/h13-20,33-40,49-52,55-62,79-82H,21-32,41-48,53-54H2,1-12H3/t59-,60-,61-,62-,79?,80?,81?,82?/m0/s1. The van der Waals surface area contributed by atoms with Gasteiger partial charge in [-0.05, 0) is 164 Å². The number of rotatable bonds is 36. The molecule has 0 amide bonds. The third-order valence-electron chi connectivity index (χ3n) is 21.8. The predicted octanol–water partition coefficient (Wildman–Crippen LogP) is 25.4. The Labute approximate surface area is 578 Å². The summed E-state index contributed by atoms with van der Waals surface area (Å²) in [5.74, 6) is 9.15. The predicted molar refractivity (Wildman–Crippen MR) is 398 cm³/mol. The van der Waals surface area contributed by atoms with Crippen LogP contribution in [-0.2, 0) is 11.8 Å². The molecule has 4 nitrogen and oxygen atoms in total. The maximum atomic E-state index is 7.62.